The Bertz CT molecular complexity index is 1010. The zero-order chi connectivity index (χ0) is 21.6. The molecule has 8 nitrogen and oxygen atoms in total. The molecule has 29 heavy (non-hydrogen) atoms. The van der Waals surface area contributed by atoms with Crippen molar-refractivity contribution in [2.45, 2.75) is 5.75 Å². The van der Waals surface area contributed by atoms with Crippen LogP contribution < -0.4 is 5.32 Å². The number of rotatable bonds is 7. The van der Waals surface area contributed by atoms with Gasteiger partial charge in [0, 0.05) is 31.6 Å². The van der Waals surface area contributed by atoms with Gasteiger partial charge < -0.3 is 15.0 Å². The molecule has 1 N–H and O–H groups in total. The van der Waals surface area contributed by atoms with Crippen molar-refractivity contribution < 1.29 is 27.5 Å². The third-order valence-corrected chi connectivity index (χ3v) is 4.61. The Labute approximate surface area is 169 Å². The van der Waals surface area contributed by atoms with Gasteiger partial charge in [-0.2, -0.15) is 0 Å². The number of nitrogens with zero attached hydrogens (tertiary/aromatic N) is 1. The standard InChI is InChI=1S/C20H22N2O6S/c1-22(2)19(24)15-7-9-17(10-8-15)21-18(23)12-28-20(25)16-6-4-5-14(11-16)13-29(3,26)27/h4-11H,12-13H2,1-3H3,(H,21,23). The summed E-state index contributed by atoms with van der Waals surface area (Å²) in [6.07, 6.45) is 1.10. The number of carbonyl (C=O) groups is 3. The van der Waals surface area contributed by atoms with Crippen molar-refractivity contribution in [3.05, 3.63) is 65.2 Å². The highest BCUT2D eigenvalue weighted by Crippen LogP contribution is 2.12. The summed E-state index contributed by atoms with van der Waals surface area (Å²) in [5.41, 5.74) is 1.55. The molecule has 2 aromatic carbocycles. The number of nitrogens with one attached hydrogen (secondary N) is 1. The van der Waals surface area contributed by atoms with Gasteiger partial charge in [0.25, 0.3) is 11.8 Å². The summed E-state index contributed by atoms with van der Waals surface area (Å²) in [6, 6.07) is 12.3. The minimum Gasteiger partial charge on any atom is -0.452 e. The van der Waals surface area contributed by atoms with E-state index in [1.54, 1.807) is 50.5 Å². The van der Waals surface area contributed by atoms with Crippen LogP contribution in [-0.4, -0.2) is 58.1 Å². The molecule has 0 bridgehead atoms. The zero-order valence-electron chi connectivity index (χ0n) is 16.3. The number of amides is 2. The third-order valence-electron chi connectivity index (χ3n) is 3.75. The van der Waals surface area contributed by atoms with Gasteiger partial charge in [-0.25, -0.2) is 13.2 Å². The van der Waals surface area contributed by atoms with E-state index in [9.17, 15) is 22.8 Å². The summed E-state index contributed by atoms with van der Waals surface area (Å²) in [5.74, 6) is -1.63. The number of hydrogen-bond acceptors (Lipinski definition) is 6. The molecule has 0 aliphatic carbocycles. The van der Waals surface area contributed by atoms with Crippen molar-refractivity contribution in [3.63, 3.8) is 0 Å². The highest BCUT2D eigenvalue weighted by atomic mass is 32.2. The average Bonchev–Trinajstić information content (AvgIpc) is 2.65. The highest BCUT2D eigenvalue weighted by molar-refractivity contribution is 7.89. The number of sulfone groups is 1. The molecular weight excluding hydrogens is 396 g/mol. The smallest absolute Gasteiger partial charge is 0.338 e. The van der Waals surface area contributed by atoms with Crippen LogP contribution in [0.2, 0.25) is 0 Å². The van der Waals surface area contributed by atoms with E-state index in [0.717, 1.165) is 6.26 Å². The topological polar surface area (TPSA) is 110 Å². The molecule has 0 aromatic heterocycles. The second kappa shape index (κ2) is 9.33. The zero-order valence-corrected chi connectivity index (χ0v) is 17.2. The van der Waals surface area contributed by atoms with Gasteiger partial charge in [0.1, 0.15) is 0 Å². The maximum atomic E-state index is 12.1. The quantitative estimate of drug-likeness (QED) is 0.686. The van der Waals surface area contributed by atoms with E-state index >= 15 is 0 Å². The van der Waals surface area contributed by atoms with Crippen molar-refractivity contribution in [3.8, 4) is 0 Å². The summed E-state index contributed by atoms with van der Waals surface area (Å²) in [4.78, 5) is 37.4. The lowest BCUT2D eigenvalue weighted by atomic mass is 10.1. The van der Waals surface area contributed by atoms with Gasteiger partial charge in [0.15, 0.2) is 16.4 Å². The van der Waals surface area contributed by atoms with Crippen molar-refractivity contribution >= 4 is 33.3 Å². The maximum absolute atomic E-state index is 12.1. The van der Waals surface area contributed by atoms with Crippen LogP contribution in [0.4, 0.5) is 5.69 Å². The van der Waals surface area contributed by atoms with Crippen LogP contribution in [0.25, 0.3) is 0 Å². The molecule has 154 valence electrons. The van der Waals surface area contributed by atoms with Gasteiger partial charge in [-0.1, -0.05) is 12.1 Å². The molecule has 0 saturated heterocycles. The van der Waals surface area contributed by atoms with Gasteiger partial charge in [-0.15, -0.1) is 0 Å². The van der Waals surface area contributed by atoms with Crippen molar-refractivity contribution in [1.29, 1.82) is 0 Å². The molecule has 0 radical (unpaired) electrons. The molecule has 0 atom stereocenters. The van der Waals surface area contributed by atoms with Crippen molar-refractivity contribution in [2.24, 2.45) is 0 Å². The van der Waals surface area contributed by atoms with Crippen LogP contribution in [0.15, 0.2) is 48.5 Å². The lowest BCUT2D eigenvalue weighted by Gasteiger charge is -2.11. The van der Waals surface area contributed by atoms with Gasteiger partial charge >= 0.3 is 5.97 Å². The monoisotopic (exact) mass is 418 g/mol. The maximum Gasteiger partial charge on any atom is 0.338 e. The molecule has 0 unspecified atom stereocenters. The lowest BCUT2D eigenvalue weighted by molar-refractivity contribution is -0.119. The number of hydrogen-bond donors (Lipinski definition) is 1. The van der Waals surface area contributed by atoms with Crippen LogP contribution in [-0.2, 0) is 25.1 Å². The van der Waals surface area contributed by atoms with Crippen LogP contribution in [0, 0.1) is 0 Å². The molecule has 0 heterocycles. The molecule has 0 spiro atoms. The fourth-order valence-corrected chi connectivity index (χ4v) is 3.24. The van der Waals surface area contributed by atoms with Gasteiger partial charge in [0.2, 0.25) is 0 Å². The molecule has 9 heteroatoms. The van der Waals surface area contributed by atoms with Crippen LogP contribution in [0.1, 0.15) is 26.3 Å². The molecule has 0 aliphatic rings. The average molecular weight is 418 g/mol. The highest BCUT2D eigenvalue weighted by Gasteiger charge is 2.13. The SMILES string of the molecule is CN(C)C(=O)c1ccc(NC(=O)COC(=O)c2cccc(CS(C)(=O)=O)c2)cc1. The number of carbonyl (C=O) groups excluding carboxylic acids is 3. The Hall–Kier alpha value is -3.20. The summed E-state index contributed by atoms with van der Waals surface area (Å²) in [7, 11) is 0.0509. The summed E-state index contributed by atoms with van der Waals surface area (Å²) in [5, 5.41) is 2.57. The first-order valence-electron chi connectivity index (χ1n) is 8.60. The van der Waals surface area contributed by atoms with E-state index in [2.05, 4.69) is 5.32 Å². The number of benzene rings is 2. The first-order valence-corrected chi connectivity index (χ1v) is 10.7. The molecule has 0 saturated carbocycles. The van der Waals surface area contributed by atoms with Crippen LogP contribution in [0.3, 0.4) is 0 Å². The summed E-state index contributed by atoms with van der Waals surface area (Å²) >= 11 is 0. The molecule has 0 fully saturated rings. The normalized spacial score (nSPS) is 10.9. The lowest BCUT2D eigenvalue weighted by Crippen LogP contribution is -2.22. The Morgan fingerprint density at radius 2 is 1.66 bits per heavy atom. The van der Waals surface area contributed by atoms with E-state index in [-0.39, 0.29) is 17.2 Å². The van der Waals surface area contributed by atoms with Crippen LogP contribution in [0.5, 0.6) is 0 Å². The Balaban J connectivity index is 1.91. The van der Waals surface area contributed by atoms with Gasteiger partial charge in [-0.3, -0.25) is 9.59 Å². The number of esters is 1. The molecular formula is C20H22N2O6S. The largest absolute Gasteiger partial charge is 0.452 e. The minimum absolute atomic E-state index is 0.157. The number of anilines is 1. The van der Waals surface area contributed by atoms with E-state index in [4.69, 9.17) is 4.74 Å². The van der Waals surface area contributed by atoms with Crippen LogP contribution >= 0.6 is 0 Å². The molecule has 2 aromatic rings. The van der Waals surface area contributed by atoms with Gasteiger partial charge in [0.05, 0.1) is 11.3 Å². The Morgan fingerprint density at radius 1 is 1.00 bits per heavy atom. The van der Waals surface area contributed by atoms with E-state index < -0.39 is 28.3 Å². The van der Waals surface area contributed by atoms with Gasteiger partial charge in [-0.05, 0) is 42.0 Å². The Morgan fingerprint density at radius 3 is 2.24 bits per heavy atom. The molecule has 2 rings (SSSR count). The van der Waals surface area contributed by atoms with Crippen molar-refractivity contribution in [2.75, 3.05) is 32.3 Å². The number of ether oxygens (including phenoxy) is 1. The summed E-state index contributed by atoms with van der Waals surface area (Å²) in [6.45, 7) is -0.506. The Kier molecular flexibility index (Phi) is 7.11. The molecule has 0 aliphatic heterocycles. The fourth-order valence-electron chi connectivity index (χ4n) is 2.46. The second-order valence-electron chi connectivity index (χ2n) is 6.67. The van der Waals surface area contributed by atoms with E-state index in [1.165, 1.54) is 17.0 Å². The second-order valence-corrected chi connectivity index (χ2v) is 8.81. The summed E-state index contributed by atoms with van der Waals surface area (Å²) < 4.78 is 27.7. The molecule has 2 amide bonds. The third kappa shape index (κ3) is 7.04. The van der Waals surface area contributed by atoms with E-state index in [0.29, 0.717) is 16.8 Å². The minimum atomic E-state index is -3.23. The van der Waals surface area contributed by atoms with E-state index in [1.807, 2.05) is 0 Å². The first-order chi connectivity index (χ1) is 13.5. The van der Waals surface area contributed by atoms with Crippen molar-refractivity contribution in [1.82, 2.24) is 4.90 Å². The predicted molar refractivity (Wildman–Crippen MR) is 108 cm³/mol. The fraction of sp³-hybridized carbons (Fsp3) is 0.250. The first kappa shape index (κ1) is 22.1. The predicted octanol–water partition coefficient (Wildman–Crippen LogP) is 1.73.